The van der Waals surface area contributed by atoms with Gasteiger partial charge in [-0.2, -0.15) is 0 Å². The number of nitrogens with one attached hydrogen (secondary N) is 1. The van der Waals surface area contributed by atoms with Gasteiger partial charge in [0.15, 0.2) is 16.2 Å². The predicted molar refractivity (Wildman–Crippen MR) is 106 cm³/mol. The number of nitrogens with zero attached hydrogens (tertiary/aromatic N) is 1. The van der Waals surface area contributed by atoms with Crippen LogP contribution in [0, 0.1) is 12.8 Å². The Labute approximate surface area is 164 Å². The van der Waals surface area contributed by atoms with Gasteiger partial charge in [0.25, 0.3) is 0 Å². The molecule has 4 rings (SSSR count). The lowest BCUT2D eigenvalue weighted by atomic mass is 10.2. The van der Waals surface area contributed by atoms with Crippen molar-refractivity contribution in [3.05, 3.63) is 48.0 Å². The molecule has 28 heavy (non-hydrogen) atoms. The van der Waals surface area contributed by atoms with Gasteiger partial charge in [0.2, 0.25) is 15.9 Å². The molecule has 7 nitrogen and oxygen atoms in total. The molecular formula is C20H22N2O5S. The summed E-state index contributed by atoms with van der Waals surface area (Å²) in [5.74, 6) is 0.279. The van der Waals surface area contributed by atoms with Crippen LogP contribution < -0.4 is 19.1 Å². The van der Waals surface area contributed by atoms with Gasteiger partial charge < -0.3 is 14.8 Å². The van der Waals surface area contributed by atoms with Crippen molar-refractivity contribution in [2.75, 3.05) is 30.4 Å². The molecule has 0 radical (unpaired) electrons. The lowest BCUT2D eigenvalue weighted by Gasteiger charge is -2.23. The molecular weight excluding hydrogens is 380 g/mol. The van der Waals surface area contributed by atoms with E-state index in [0.29, 0.717) is 35.8 Å². The highest BCUT2D eigenvalue weighted by molar-refractivity contribution is 7.95. The van der Waals surface area contributed by atoms with Gasteiger partial charge in [-0.15, -0.1) is 0 Å². The summed E-state index contributed by atoms with van der Waals surface area (Å²) in [6.07, 6.45) is 0.344. The Morgan fingerprint density at radius 3 is 2.43 bits per heavy atom. The number of amides is 1. The number of ether oxygens (including phenoxy) is 2. The molecule has 2 aliphatic rings. The van der Waals surface area contributed by atoms with Gasteiger partial charge in [0, 0.05) is 24.2 Å². The smallest absolute Gasteiger partial charge is 0.250 e. The van der Waals surface area contributed by atoms with Crippen LogP contribution >= 0.6 is 0 Å². The monoisotopic (exact) mass is 402 g/mol. The second-order valence-electron chi connectivity index (χ2n) is 7.19. The molecule has 1 heterocycles. The van der Waals surface area contributed by atoms with Crippen molar-refractivity contribution < 1.29 is 22.7 Å². The third kappa shape index (κ3) is 2.63. The molecule has 8 heteroatoms. The highest BCUT2D eigenvalue weighted by Crippen LogP contribution is 2.58. The van der Waals surface area contributed by atoms with Gasteiger partial charge in [0.1, 0.15) is 0 Å². The number of anilines is 2. The molecule has 2 fully saturated rings. The van der Waals surface area contributed by atoms with Crippen molar-refractivity contribution in [1.29, 1.82) is 0 Å². The zero-order chi connectivity index (χ0) is 20.1. The van der Waals surface area contributed by atoms with Crippen LogP contribution in [-0.4, -0.2) is 39.8 Å². The minimum absolute atomic E-state index is 0.209. The van der Waals surface area contributed by atoms with E-state index >= 15 is 0 Å². The molecule has 1 amide bonds. The number of methoxy groups -OCH3 is 2. The van der Waals surface area contributed by atoms with Crippen molar-refractivity contribution in [2.24, 2.45) is 5.92 Å². The van der Waals surface area contributed by atoms with E-state index in [9.17, 15) is 13.2 Å². The first-order valence-electron chi connectivity index (χ1n) is 8.96. The van der Waals surface area contributed by atoms with E-state index in [1.54, 1.807) is 30.3 Å². The highest BCUT2D eigenvalue weighted by atomic mass is 32.2. The maximum Gasteiger partial charge on any atom is 0.250 e. The van der Waals surface area contributed by atoms with Gasteiger partial charge in [-0.25, -0.2) is 8.42 Å². The molecule has 1 aliphatic heterocycles. The van der Waals surface area contributed by atoms with Crippen LogP contribution in [0.25, 0.3) is 0 Å². The Morgan fingerprint density at radius 1 is 1.11 bits per heavy atom. The first-order valence-corrected chi connectivity index (χ1v) is 10.4. The second kappa shape index (κ2) is 6.41. The van der Waals surface area contributed by atoms with Crippen molar-refractivity contribution in [3.8, 4) is 11.5 Å². The van der Waals surface area contributed by atoms with Crippen LogP contribution in [0.2, 0.25) is 0 Å². The zero-order valence-electron chi connectivity index (χ0n) is 15.9. The van der Waals surface area contributed by atoms with E-state index in [4.69, 9.17) is 9.47 Å². The summed E-state index contributed by atoms with van der Waals surface area (Å²) in [7, 11) is -0.779. The fourth-order valence-electron chi connectivity index (χ4n) is 3.83. The van der Waals surface area contributed by atoms with E-state index in [2.05, 4.69) is 5.32 Å². The summed E-state index contributed by atoms with van der Waals surface area (Å²) in [6, 6.07) is 12.2. The number of fused-ring (bicyclic) bond motifs is 1. The predicted octanol–water partition coefficient (Wildman–Crippen LogP) is 2.56. The molecule has 1 N–H and O–H groups in total. The molecule has 0 bridgehead atoms. The number of aryl methyl sites for hydroxylation is 1. The lowest BCUT2D eigenvalue weighted by Crippen LogP contribution is -2.42. The van der Waals surface area contributed by atoms with Crippen molar-refractivity contribution >= 4 is 27.3 Å². The fraction of sp³-hybridized carbons (Fsp3) is 0.350. The van der Waals surface area contributed by atoms with Crippen LogP contribution in [0.5, 0.6) is 11.5 Å². The number of rotatable bonds is 5. The molecule has 2 aromatic rings. The fourth-order valence-corrected chi connectivity index (χ4v) is 6.19. The topological polar surface area (TPSA) is 84.9 Å². The van der Waals surface area contributed by atoms with Gasteiger partial charge in [-0.3, -0.25) is 9.10 Å². The summed E-state index contributed by atoms with van der Waals surface area (Å²) in [5.41, 5.74) is 2.11. The standard InChI is InChI=1S/C20H22N2O5S/c1-13-4-7-16(8-5-13)22-12-14-11-20(14,28(22,24)25)19(23)21-15-6-9-17(26-2)18(10-15)27-3/h4-10,14H,11-12H2,1-3H3,(H,21,23)/t14-,20-/m0/s1. The summed E-state index contributed by atoms with van der Waals surface area (Å²) < 4.78 is 36.8. The van der Waals surface area contributed by atoms with Gasteiger partial charge in [0.05, 0.1) is 19.9 Å². The third-order valence-corrected chi connectivity index (χ3v) is 8.08. The molecule has 1 saturated heterocycles. The van der Waals surface area contributed by atoms with E-state index < -0.39 is 20.7 Å². The van der Waals surface area contributed by atoms with Crippen LogP contribution in [0.4, 0.5) is 11.4 Å². The minimum atomic E-state index is -3.80. The minimum Gasteiger partial charge on any atom is -0.493 e. The Bertz CT molecular complexity index is 1040. The lowest BCUT2D eigenvalue weighted by molar-refractivity contribution is -0.116. The van der Waals surface area contributed by atoms with E-state index in [1.807, 2.05) is 19.1 Å². The van der Waals surface area contributed by atoms with Gasteiger partial charge >= 0.3 is 0 Å². The van der Waals surface area contributed by atoms with Gasteiger partial charge in [-0.05, 0) is 37.6 Å². The van der Waals surface area contributed by atoms with Crippen LogP contribution in [0.3, 0.4) is 0 Å². The molecule has 2 aromatic carbocycles. The molecule has 1 aliphatic carbocycles. The van der Waals surface area contributed by atoms with Crippen molar-refractivity contribution in [3.63, 3.8) is 0 Å². The maximum absolute atomic E-state index is 13.2. The number of carbonyl (C=O) groups excluding carboxylic acids is 1. The van der Waals surface area contributed by atoms with E-state index in [-0.39, 0.29) is 5.92 Å². The number of hydrogen-bond donors (Lipinski definition) is 1. The Hall–Kier alpha value is -2.74. The molecule has 148 valence electrons. The molecule has 1 saturated carbocycles. The number of carbonyl (C=O) groups is 1. The van der Waals surface area contributed by atoms with Gasteiger partial charge in [-0.1, -0.05) is 17.7 Å². The summed E-state index contributed by atoms with van der Waals surface area (Å²) >= 11 is 0. The Morgan fingerprint density at radius 2 is 1.79 bits per heavy atom. The van der Waals surface area contributed by atoms with Crippen LogP contribution in [0.1, 0.15) is 12.0 Å². The largest absolute Gasteiger partial charge is 0.493 e. The highest BCUT2D eigenvalue weighted by Gasteiger charge is 2.75. The van der Waals surface area contributed by atoms with E-state index in [0.717, 1.165) is 5.56 Å². The van der Waals surface area contributed by atoms with E-state index in [1.165, 1.54) is 18.5 Å². The second-order valence-corrected chi connectivity index (χ2v) is 9.31. The quantitative estimate of drug-likeness (QED) is 0.831. The number of hydrogen-bond acceptors (Lipinski definition) is 5. The van der Waals surface area contributed by atoms with Crippen molar-refractivity contribution in [1.82, 2.24) is 0 Å². The molecule has 2 atom stereocenters. The maximum atomic E-state index is 13.2. The zero-order valence-corrected chi connectivity index (χ0v) is 16.7. The average Bonchev–Trinajstić information content (AvgIpc) is 3.38. The number of sulfonamides is 1. The first-order chi connectivity index (χ1) is 13.3. The Balaban J connectivity index is 1.59. The average molecular weight is 402 g/mol. The summed E-state index contributed by atoms with van der Waals surface area (Å²) in [4.78, 5) is 13.0. The molecule has 0 unspecified atom stereocenters. The first kappa shape index (κ1) is 18.6. The molecule has 0 spiro atoms. The van der Waals surface area contributed by atoms with Crippen LogP contribution in [0.15, 0.2) is 42.5 Å². The van der Waals surface area contributed by atoms with Crippen LogP contribution in [-0.2, 0) is 14.8 Å². The normalized spacial score (nSPS) is 24.4. The number of benzene rings is 2. The third-order valence-electron chi connectivity index (χ3n) is 5.53. The Kier molecular flexibility index (Phi) is 4.26. The molecule has 0 aromatic heterocycles. The van der Waals surface area contributed by atoms with Crippen molar-refractivity contribution in [2.45, 2.75) is 18.1 Å². The summed E-state index contributed by atoms with van der Waals surface area (Å²) in [5, 5.41) is 2.75. The SMILES string of the molecule is COc1ccc(NC(=O)[C@]23C[C@H]2CN(c2ccc(C)cc2)S3(=O)=O)cc1OC. The summed E-state index contributed by atoms with van der Waals surface area (Å²) in [6.45, 7) is 2.27.